The van der Waals surface area contributed by atoms with Crippen LogP contribution in [0.2, 0.25) is 5.02 Å². The quantitative estimate of drug-likeness (QED) is 0.809. The van der Waals surface area contributed by atoms with E-state index in [1.54, 1.807) is 21.7 Å². The number of carbonyl (C=O) groups is 1. The summed E-state index contributed by atoms with van der Waals surface area (Å²) in [5.74, 6) is -1.43. The summed E-state index contributed by atoms with van der Waals surface area (Å²) in [6.45, 7) is 1.69. The van der Waals surface area contributed by atoms with Gasteiger partial charge in [-0.15, -0.1) is 5.10 Å². The highest BCUT2D eigenvalue weighted by molar-refractivity contribution is 6.31. The Balaban J connectivity index is 1.39. The van der Waals surface area contributed by atoms with Crippen molar-refractivity contribution >= 4 is 23.2 Å². The van der Waals surface area contributed by atoms with E-state index in [1.165, 1.54) is 0 Å². The number of rotatable bonds is 4. The van der Waals surface area contributed by atoms with E-state index in [-0.39, 0.29) is 11.8 Å². The van der Waals surface area contributed by atoms with Gasteiger partial charge >= 0.3 is 0 Å². The fourth-order valence-electron chi connectivity index (χ4n) is 3.73. The van der Waals surface area contributed by atoms with Gasteiger partial charge in [0.2, 0.25) is 0 Å². The minimum atomic E-state index is -1.37. The number of aromatic nitrogens is 3. The smallest absolute Gasteiger partial charge is 0.292 e. The number of ether oxygens (including phenoxy) is 2. The highest BCUT2D eigenvalue weighted by Crippen LogP contribution is 2.46. The first-order valence-corrected chi connectivity index (χ1v) is 9.20. The number of fused-ring (bicyclic) bond motifs is 2. The molecule has 1 amide bonds. The molecule has 2 aromatic rings. The van der Waals surface area contributed by atoms with E-state index < -0.39 is 5.79 Å². The molecule has 8 heteroatoms. The third-order valence-corrected chi connectivity index (χ3v) is 5.26. The number of amides is 1. The summed E-state index contributed by atoms with van der Waals surface area (Å²) < 4.78 is 13.2. The van der Waals surface area contributed by atoms with Crippen molar-refractivity contribution in [1.29, 1.82) is 0 Å². The monoisotopic (exact) mass is 384 g/mol. The molecule has 1 saturated heterocycles. The van der Waals surface area contributed by atoms with E-state index in [2.05, 4.69) is 22.5 Å². The Hall–Kier alpha value is -2.48. The fraction of sp³-hybridized carbons (Fsp3) is 0.316. The van der Waals surface area contributed by atoms with E-state index in [9.17, 15) is 4.79 Å². The van der Waals surface area contributed by atoms with E-state index in [0.717, 1.165) is 11.4 Å². The van der Waals surface area contributed by atoms with E-state index >= 15 is 0 Å². The van der Waals surface area contributed by atoms with Crippen molar-refractivity contribution in [2.75, 3.05) is 24.7 Å². The lowest BCUT2D eigenvalue weighted by Gasteiger charge is -2.22. The number of benzene rings is 1. The van der Waals surface area contributed by atoms with Crippen LogP contribution >= 0.6 is 11.6 Å². The largest absolute Gasteiger partial charge is 0.336 e. The van der Waals surface area contributed by atoms with E-state index in [4.69, 9.17) is 21.1 Å². The number of halogens is 1. The Kier molecular flexibility index (Phi) is 3.89. The SMILES string of the molecule is O=C1N(CCn2cc(C3C=CC=C3)nn2)c2ccc(Cl)cc2C12OCCO2. The molecule has 0 radical (unpaired) electrons. The number of hydrogen-bond donors (Lipinski definition) is 0. The molecule has 0 saturated carbocycles. The Bertz CT molecular complexity index is 950. The van der Waals surface area contributed by atoms with Crippen LogP contribution in [0.4, 0.5) is 5.69 Å². The summed E-state index contributed by atoms with van der Waals surface area (Å²) in [6, 6.07) is 5.34. The maximum absolute atomic E-state index is 13.1. The lowest BCUT2D eigenvalue weighted by molar-refractivity contribution is -0.180. The van der Waals surface area contributed by atoms with Gasteiger partial charge in [-0.2, -0.15) is 0 Å². The second-order valence-electron chi connectivity index (χ2n) is 6.63. The van der Waals surface area contributed by atoms with Gasteiger partial charge in [-0.25, -0.2) is 0 Å². The standard InChI is InChI=1S/C19H17ClN4O3/c20-14-5-6-17-15(11-14)19(26-9-10-27-19)18(25)24(17)8-7-23-12-16(21-22-23)13-3-1-2-4-13/h1-6,11-13H,7-10H2. The molecule has 138 valence electrons. The molecule has 5 rings (SSSR count). The van der Waals surface area contributed by atoms with E-state index in [0.29, 0.717) is 36.9 Å². The van der Waals surface area contributed by atoms with Crippen molar-refractivity contribution in [2.24, 2.45) is 0 Å². The highest BCUT2D eigenvalue weighted by Gasteiger charge is 2.56. The predicted molar refractivity (Wildman–Crippen MR) is 98.4 cm³/mol. The molecule has 1 aliphatic carbocycles. The first-order valence-electron chi connectivity index (χ1n) is 8.82. The molecule has 3 aliphatic rings. The lowest BCUT2D eigenvalue weighted by atomic mass is 10.1. The average molecular weight is 385 g/mol. The van der Waals surface area contributed by atoms with Crippen molar-refractivity contribution in [1.82, 2.24) is 15.0 Å². The highest BCUT2D eigenvalue weighted by atomic mass is 35.5. The van der Waals surface area contributed by atoms with Crippen LogP contribution in [0.3, 0.4) is 0 Å². The minimum absolute atomic E-state index is 0.165. The van der Waals surface area contributed by atoms with Crippen molar-refractivity contribution < 1.29 is 14.3 Å². The normalized spacial score (nSPS) is 20.3. The molecule has 7 nitrogen and oxygen atoms in total. The van der Waals surface area contributed by atoms with Crippen molar-refractivity contribution in [3.8, 4) is 0 Å². The summed E-state index contributed by atoms with van der Waals surface area (Å²) >= 11 is 6.14. The maximum Gasteiger partial charge on any atom is 0.292 e. The summed E-state index contributed by atoms with van der Waals surface area (Å²) in [4.78, 5) is 14.8. The molecule has 3 heterocycles. The first kappa shape index (κ1) is 16.7. The summed E-state index contributed by atoms with van der Waals surface area (Å²) in [5.41, 5.74) is 2.31. The zero-order valence-electron chi connectivity index (χ0n) is 14.4. The first-order chi connectivity index (χ1) is 13.2. The van der Waals surface area contributed by atoms with Crippen molar-refractivity contribution in [3.05, 3.63) is 65.0 Å². The molecule has 27 heavy (non-hydrogen) atoms. The molecule has 1 aromatic carbocycles. The molecule has 0 atom stereocenters. The molecule has 2 aliphatic heterocycles. The van der Waals surface area contributed by atoms with Gasteiger partial charge in [-0.1, -0.05) is 41.1 Å². The summed E-state index contributed by atoms with van der Waals surface area (Å²) in [6.07, 6.45) is 10.0. The van der Waals surface area contributed by atoms with Crippen LogP contribution in [-0.2, 0) is 26.6 Å². The van der Waals surface area contributed by atoms with Crippen molar-refractivity contribution in [2.45, 2.75) is 18.2 Å². The summed E-state index contributed by atoms with van der Waals surface area (Å²) in [5, 5.41) is 8.95. The van der Waals surface area contributed by atoms with Gasteiger partial charge in [0.15, 0.2) is 0 Å². The number of nitrogens with zero attached hydrogens (tertiary/aromatic N) is 4. The van der Waals surface area contributed by atoms with Gasteiger partial charge in [0.25, 0.3) is 11.7 Å². The number of anilines is 1. The van der Waals surface area contributed by atoms with Crippen LogP contribution < -0.4 is 4.90 Å². The second-order valence-corrected chi connectivity index (χ2v) is 7.07. The van der Waals surface area contributed by atoms with Gasteiger partial charge in [0, 0.05) is 29.2 Å². The lowest BCUT2D eigenvalue weighted by Crippen LogP contribution is -2.42. The zero-order chi connectivity index (χ0) is 18.4. The summed E-state index contributed by atoms with van der Waals surface area (Å²) in [7, 11) is 0. The fourth-order valence-corrected chi connectivity index (χ4v) is 3.90. The third-order valence-electron chi connectivity index (χ3n) is 5.02. The number of allylic oxidation sites excluding steroid dienone is 4. The van der Waals surface area contributed by atoms with Gasteiger partial charge < -0.3 is 14.4 Å². The minimum Gasteiger partial charge on any atom is -0.336 e. The third kappa shape index (κ3) is 2.62. The molecule has 1 aromatic heterocycles. The number of hydrogen-bond acceptors (Lipinski definition) is 5. The van der Waals surface area contributed by atoms with Gasteiger partial charge in [0.05, 0.1) is 31.1 Å². The van der Waals surface area contributed by atoms with Crippen LogP contribution in [-0.4, -0.2) is 40.7 Å². The van der Waals surface area contributed by atoms with Crippen LogP contribution in [0.15, 0.2) is 48.7 Å². The zero-order valence-corrected chi connectivity index (χ0v) is 15.2. The molecular formula is C19H17ClN4O3. The Morgan fingerprint density at radius 3 is 2.74 bits per heavy atom. The molecule has 0 bridgehead atoms. The maximum atomic E-state index is 13.1. The second kappa shape index (κ2) is 6.30. The van der Waals surface area contributed by atoms with Gasteiger partial charge in [-0.05, 0) is 18.2 Å². The molecular weight excluding hydrogens is 368 g/mol. The van der Waals surface area contributed by atoms with Crippen LogP contribution in [0.5, 0.6) is 0 Å². The van der Waals surface area contributed by atoms with Crippen LogP contribution in [0, 0.1) is 0 Å². The molecule has 0 N–H and O–H groups in total. The molecule has 0 unspecified atom stereocenters. The topological polar surface area (TPSA) is 69.5 Å². The Labute approximate surface area is 160 Å². The van der Waals surface area contributed by atoms with E-state index in [1.807, 2.05) is 24.4 Å². The predicted octanol–water partition coefficient (Wildman–Crippen LogP) is 2.39. The van der Waals surface area contributed by atoms with Crippen LogP contribution in [0.1, 0.15) is 17.2 Å². The van der Waals surface area contributed by atoms with Crippen molar-refractivity contribution in [3.63, 3.8) is 0 Å². The number of carbonyl (C=O) groups excluding carboxylic acids is 1. The van der Waals surface area contributed by atoms with Gasteiger partial charge in [-0.3, -0.25) is 9.48 Å². The molecule has 1 spiro atoms. The molecule has 1 fully saturated rings. The Morgan fingerprint density at radius 1 is 1.19 bits per heavy atom. The van der Waals surface area contributed by atoms with Gasteiger partial charge in [0.1, 0.15) is 0 Å². The Morgan fingerprint density at radius 2 is 1.96 bits per heavy atom. The van der Waals surface area contributed by atoms with Crippen LogP contribution in [0.25, 0.3) is 0 Å². The average Bonchev–Trinajstić information content (AvgIpc) is 3.44.